The smallest absolute Gasteiger partial charge is 0.333 e. The van der Waals surface area contributed by atoms with Crippen LogP contribution in [0, 0.1) is 0 Å². The molecule has 0 heterocycles. The normalized spacial score (nSPS) is 9.58. The molecule has 0 radical (unpaired) electrons. The average molecular weight is 281 g/mol. The number of nitrogens with one attached hydrogen (secondary N) is 2. The van der Waals surface area contributed by atoms with Crippen LogP contribution in [0.15, 0.2) is 0 Å². The second kappa shape index (κ2) is 13.8. The van der Waals surface area contributed by atoms with Gasteiger partial charge in [-0.25, -0.2) is 14.8 Å². The first-order valence-corrected chi connectivity index (χ1v) is 6.25. The van der Waals surface area contributed by atoms with E-state index in [-0.39, 0.29) is 7.43 Å². The summed E-state index contributed by atoms with van der Waals surface area (Å²) < 4.78 is 3.06. The molecule has 2 N–H and O–H groups in total. The Balaban J connectivity index is -0.0000000964. The summed E-state index contributed by atoms with van der Waals surface area (Å²) in [7, 11) is 24.7. The Kier molecular flexibility index (Phi) is 19.4. The monoisotopic (exact) mass is 280 g/mol. The summed E-state index contributed by atoms with van der Waals surface area (Å²) in [6.07, 6.45) is 0. The Morgan fingerprint density at radius 2 is 1.21 bits per heavy atom. The molecule has 0 aromatic heterocycles. The molecule has 0 bridgehead atoms. The molecular weight excluding hydrogens is 238 g/mol. The van der Waals surface area contributed by atoms with Gasteiger partial charge in [0.05, 0.1) is 63.4 Å². The molecule has 0 aromatic carbocycles. The van der Waals surface area contributed by atoms with Crippen molar-refractivity contribution in [2.24, 2.45) is 0 Å². The van der Waals surface area contributed by atoms with Crippen molar-refractivity contribution < 1.29 is 14.0 Å². The molecule has 0 fully saturated rings. The molecule has 0 rings (SSSR count). The van der Waals surface area contributed by atoms with Crippen LogP contribution in [0.4, 0.5) is 0 Å². The van der Waals surface area contributed by atoms with Crippen molar-refractivity contribution in [3.8, 4) is 0 Å². The lowest BCUT2D eigenvalue weighted by atomic mass is 10.7. The Hall–Kier alpha value is -0.650. The van der Waals surface area contributed by atoms with Crippen molar-refractivity contribution in [3.05, 3.63) is 0 Å². The van der Waals surface area contributed by atoms with Crippen LogP contribution in [-0.2, 0) is 0 Å². The van der Waals surface area contributed by atoms with Crippen LogP contribution in [0.5, 0.6) is 0 Å². The van der Waals surface area contributed by atoms with E-state index in [1.165, 1.54) is 10.9 Å². The maximum atomic E-state index is 3.11. The van der Waals surface area contributed by atoms with Crippen molar-refractivity contribution in [1.29, 1.82) is 0 Å². The van der Waals surface area contributed by atoms with E-state index in [4.69, 9.17) is 0 Å². The van der Waals surface area contributed by atoms with E-state index < -0.39 is 0 Å². The first kappa shape index (κ1) is 26.8. The second-order valence-corrected chi connectivity index (χ2v) is 6.52. The molecule has 0 saturated heterocycles. The highest BCUT2D eigenvalue weighted by Gasteiger charge is 2.11. The van der Waals surface area contributed by atoms with Crippen LogP contribution in [0.1, 0.15) is 7.43 Å². The van der Waals surface area contributed by atoms with Gasteiger partial charge in [0.1, 0.15) is 0 Å². The molecule has 0 aliphatic rings. The van der Waals surface area contributed by atoms with E-state index >= 15 is 0 Å². The van der Waals surface area contributed by atoms with Gasteiger partial charge in [0.15, 0.2) is 0 Å². The Labute approximate surface area is 123 Å². The van der Waals surface area contributed by atoms with E-state index in [2.05, 4.69) is 52.2 Å². The van der Waals surface area contributed by atoms with Crippen LogP contribution < -0.4 is 10.2 Å². The Bertz CT molecular complexity index is 202. The highest BCUT2D eigenvalue weighted by Crippen LogP contribution is 1.73. The van der Waals surface area contributed by atoms with Gasteiger partial charge in [-0.2, -0.15) is 0 Å². The van der Waals surface area contributed by atoms with Gasteiger partial charge in [0.2, 0.25) is 0 Å². The third-order valence-corrected chi connectivity index (χ3v) is 1.16. The molecule has 120 valence electrons. The Morgan fingerprint density at radius 3 is 1.21 bits per heavy atom. The van der Waals surface area contributed by atoms with Crippen LogP contribution in [0.3, 0.4) is 0 Å². The molecule has 0 spiro atoms. The highest BCUT2D eigenvalue weighted by atomic mass is 15.3. The number of guanidine groups is 1. The summed E-state index contributed by atoms with van der Waals surface area (Å²) in [6, 6.07) is 0. The minimum Gasteiger partial charge on any atom is -0.333 e. The van der Waals surface area contributed by atoms with Gasteiger partial charge in [-0.15, -0.1) is 0 Å². The van der Waals surface area contributed by atoms with Gasteiger partial charge >= 0.3 is 5.96 Å². The van der Waals surface area contributed by atoms with Crippen molar-refractivity contribution >= 4 is 5.96 Å². The van der Waals surface area contributed by atoms with E-state index in [1.54, 1.807) is 0 Å². The molecular formula is C14H42N5+3. The van der Waals surface area contributed by atoms with E-state index in [9.17, 15) is 0 Å². The topological polar surface area (TPSA) is 22.7 Å². The van der Waals surface area contributed by atoms with Gasteiger partial charge in [0.25, 0.3) is 0 Å². The minimum atomic E-state index is 0. The lowest BCUT2D eigenvalue weighted by Gasteiger charge is -2.14. The Morgan fingerprint density at radius 1 is 1.00 bits per heavy atom. The van der Waals surface area contributed by atoms with E-state index in [0.29, 0.717) is 0 Å². The predicted molar refractivity (Wildman–Crippen MR) is 89.3 cm³/mol. The van der Waals surface area contributed by atoms with Crippen molar-refractivity contribution in [2.45, 2.75) is 7.43 Å². The zero-order valence-electron chi connectivity index (χ0n) is 14.8. The summed E-state index contributed by atoms with van der Waals surface area (Å²) in [5.41, 5.74) is 0. The molecule has 0 saturated carbocycles. The number of hydrogen-bond donors (Lipinski definition) is 2. The van der Waals surface area contributed by atoms with Crippen molar-refractivity contribution in [1.82, 2.24) is 10.2 Å². The zero-order chi connectivity index (χ0) is 15.5. The van der Waals surface area contributed by atoms with Gasteiger partial charge in [0, 0.05) is 0 Å². The fraction of sp³-hybridized carbons (Fsp3) is 0.929. The van der Waals surface area contributed by atoms with Crippen molar-refractivity contribution in [2.75, 3.05) is 84.6 Å². The average Bonchev–Trinajstić information content (AvgIpc) is 1.97. The fourth-order valence-electron chi connectivity index (χ4n) is 0.921. The first-order valence-electron chi connectivity index (χ1n) is 6.25. The number of hydrogen-bond acceptors (Lipinski definition) is 1. The minimum absolute atomic E-state index is 0. The van der Waals surface area contributed by atoms with Crippen LogP contribution in [-0.4, -0.2) is 104 Å². The SMILES string of the molecule is C.CN(C)C.CNC(=[N+](C)C)[NH+](C)C.C[N+](C)(C)C. The number of quaternary nitrogens is 2. The summed E-state index contributed by atoms with van der Waals surface area (Å²) in [5, 5.41) is 3.11. The molecule has 0 aliphatic heterocycles. The number of rotatable bonds is 0. The van der Waals surface area contributed by atoms with Crippen LogP contribution in [0.25, 0.3) is 0 Å². The standard InChI is InChI=1S/C6H15N3.C4H12N.C3H9N.CH4/c1-7-6(8(2)3)9(4)5;1-5(2,3)4;1-4(2)3;/h1-5H3;1-4H3;1-3H3;1H4/q;+1;;/p+2. The molecule has 0 amide bonds. The molecule has 0 aliphatic carbocycles. The third kappa shape index (κ3) is 46.8. The molecule has 0 atom stereocenters. The van der Waals surface area contributed by atoms with E-state index in [1.807, 2.05) is 47.2 Å². The first-order chi connectivity index (χ1) is 7.82. The fourth-order valence-corrected chi connectivity index (χ4v) is 0.921. The maximum Gasteiger partial charge on any atom is 0.441 e. The molecule has 19 heavy (non-hydrogen) atoms. The lowest BCUT2D eigenvalue weighted by Crippen LogP contribution is -3.11. The van der Waals surface area contributed by atoms with Gasteiger partial charge in [-0.3, -0.25) is 0 Å². The molecule has 5 heteroatoms. The number of nitrogens with zero attached hydrogens (tertiary/aromatic N) is 3. The molecule has 0 aromatic rings. The van der Waals surface area contributed by atoms with Gasteiger partial charge < -0.3 is 9.38 Å². The zero-order valence-corrected chi connectivity index (χ0v) is 14.8. The maximum absolute atomic E-state index is 3.11. The van der Waals surface area contributed by atoms with Crippen LogP contribution in [0.2, 0.25) is 0 Å². The van der Waals surface area contributed by atoms with E-state index in [0.717, 1.165) is 4.48 Å². The quantitative estimate of drug-likeness (QED) is 0.260. The highest BCUT2D eigenvalue weighted by molar-refractivity contribution is 5.64. The third-order valence-electron chi connectivity index (χ3n) is 1.16. The lowest BCUT2D eigenvalue weighted by molar-refractivity contribution is -0.849. The van der Waals surface area contributed by atoms with Gasteiger partial charge in [-0.1, -0.05) is 7.43 Å². The summed E-state index contributed by atoms with van der Waals surface area (Å²) in [4.78, 5) is 3.31. The predicted octanol–water partition coefficient (Wildman–Crippen LogP) is -0.885. The second-order valence-electron chi connectivity index (χ2n) is 6.52. The summed E-state index contributed by atoms with van der Waals surface area (Å²) in [5.74, 6) is 1.19. The largest absolute Gasteiger partial charge is 0.441 e. The summed E-state index contributed by atoms with van der Waals surface area (Å²) in [6.45, 7) is 0. The molecule has 5 nitrogen and oxygen atoms in total. The van der Waals surface area contributed by atoms with Crippen molar-refractivity contribution in [3.63, 3.8) is 0 Å². The van der Waals surface area contributed by atoms with Gasteiger partial charge in [-0.05, 0) is 21.1 Å². The summed E-state index contributed by atoms with van der Waals surface area (Å²) >= 11 is 0. The van der Waals surface area contributed by atoms with Crippen LogP contribution >= 0.6 is 0 Å². The molecule has 0 unspecified atom stereocenters.